The van der Waals surface area contributed by atoms with E-state index in [0.717, 1.165) is 34.4 Å². The SMILES string of the molecule is Cc1cc(N)c(C)c(C)c1C(N)=O.Cc1cnn(Cc2ccc(Cn3cnc(C(=O)O)c3)cc2)c1. The molecule has 1 amide bonds. The molecule has 0 unspecified atom stereocenters. The zero-order valence-corrected chi connectivity index (χ0v) is 20.3. The van der Waals surface area contributed by atoms with Gasteiger partial charge in [0.2, 0.25) is 5.91 Å². The maximum absolute atomic E-state index is 11.1. The number of aryl methyl sites for hydroxylation is 2. The number of anilines is 1. The Labute approximate surface area is 204 Å². The Kier molecular flexibility index (Phi) is 7.70. The van der Waals surface area contributed by atoms with Crippen molar-refractivity contribution in [3.8, 4) is 0 Å². The van der Waals surface area contributed by atoms with Crippen LogP contribution in [0.2, 0.25) is 0 Å². The number of imidazole rings is 1. The van der Waals surface area contributed by atoms with Crippen LogP contribution >= 0.6 is 0 Å². The molecular weight excluding hydrogens is 444 g/mol. The zero-order valence-electron chi connectivity index (χ0n) is 20.3. The lowest BCUT2D eigenvalue weighted by Crippen LogP contribution is -2.15. The number of primary amides is 1. The van der Waals surface area contributed by atoms with Crippen molar-refractivity contribution in [2.24, 2.45) is 5.73 Å². The third-order valence-electron chi connectivity index (χ3n) is 5.73. The quantitative estimate of drug-likeness (QED) is 0.365. The van der Waals surface area contributed by atoms with Crippen LogP contribution in [0.3, 0.4) is 0 Å². The van der Waals surface area contributed by atoms with E-state index in [0.29, 0.717) is 17.8 Å². The number of hydrogen-bond acceptors (Lipinski definition) is 5. The monoisotopic (exact) mass is 474 g/mol. The van der Waals surface area contributed by atoms with Crippen LogP contribution in [0.4, 0.5) is 5.69 Å². The van der Waals surface area contributed by atoms with Crippen molar-refractivity contribution in [1.82, 2.24) is 19.3 Å². The molecule has 0 aliphatic carbocycles. The van der Waals surface area contributed by atoms with E-state index in [2.05, 4.69) is 22.2 Å². The van der Waals surface area contributed by atoms with Crippen molar-refractivity contribution >= 4 is 17.6 Å². The minimum atomic E-state index is -1.01. The molecule has 5 N–H and O–H groups in total. The predicted molar refractivity (Wildman–Crippen MR) is 134 cm³/mol. The maximum atomic E-state index is 11.1. The van der Waals surface area contributed by atoms with Crippen molar-refractivity contribution in [1.29, 1.82) is 0 Å². The highest BCUT2D eigenvalue weighted by Crippen LogP contribution is 2.22. The standard InChI is InChI=1S/C16H16N4O2.C10H14N2O/c1-12-6-18-20(7-12)9-14-4-2-13(3-5-14)8-19-10-15(16(21)22)17-11-19;1-5-4-8(11)6(2)7(3)9(5)10(12)13/h2-7,10-11H,8-9H2,1H3,(H,21,22);4H,11H2,1-3H3,(H2,12,13). The van der Waals surface area contributed by atoms with Gasteiger partial charge in [-0.3, -0.25) is 9.48 Å². The largest absolute Gasteiger partial charge is 0.476 e. The molecule has 0 fully saturated rings. The molecule has 2 aromatic carbocycles. The van der Waals surface area contributed by atoms with Gasteiger partial charge < -0.3 is 21.1 Å². The van der Waals surface area contributed by atoms with Gasteiger partial charge in [0.25, 0.3) is 0 Å². The van der Waals surface area contributed by atoms with E-state index in [1.165, 1.54) is 18.1 Å². The fourth-order valence-electron chi connectivity index (χ4n) is 3.75. The Morgan fingerprint density at radius 2 is 1.60 bits per heavy atom. The second-order valence-electron chi connectivity index (χ2n) is 8.54. The molecule has 0 atom stereocenters. The van der Waals surface area contributed by atoms with Crippen LogP contribution in [0.5, 0.6) is 0 Å². The molecule has 0 spiro atoms. The Bertz CT molecular complexity index is 1350. The van der Waals surface area contributed by atoms with Gasteiger partial charge in [-0.15, -0.1) is 0 Å². The molecule has 0 saturated heterocycles. The minimum Gasteiger partial charge on any atom is -0.476 e. The van der Waals surface area contributed by atoms with Crippen molar-refractivity contribution in [3.05, 3.63) is 99.9 Å². The number of nitrogens with two attached hydrogens (primary N) is 2. The summed E-state index contributed by atoms with van der Waals surface area (Å²) in [6.07, 6.45) is 6.91. The molecule has 0 bridgehead atoms. The van der Waals surface area contributed by atoms with Gasteiger partial charge in [-0.2, -0.15) is 5.10 Å². The van der Waals surface area contributed by atoms with E-state index in [4.69, 9.17) is 16.6 Å². The normalized spacial score (nSPS) is 10.5. The third kappa shape index (κ3) is 6.35. The van der Waals surface area contributed by atoms with E-state index < -0.39 is 11.9 Å². The molecule has 0 aliphatic rings. The van der Waals surface area contributed by atoms with Crippen LogP contribution in [0.1, 0.15) is 54.2 Å². The number of nitrogens with zero attached hydrogens (tertiary/aromatic N) is 4. The number of carboxylic acids is 1. The number of hydrogen-bond donors (Lipinski definition) is 3. The summed E-state index contributed by atoms with van der Waals surface area (Å²) in [6.45, 7) is 8.94. The Hall–Kier alpha value is -4.40. The molecule has 0 saturated carbocycles. The van der Waals surface area contributed by atoms with Gasteiger partial charge in [0, 0.05) is 30.2 Å². The van der Waals surface area contributed by atoms with Crippen LogP contribution in [0.15, 0.2) is 55.2 Å². The van der Waals surface area contributed by atoms with Gasteiger partial charge in [0.1, 0.15) is 0 Å². The van der Waals surface area contributed by atoms with Gasteiger partial charge in [0.15, 0.2) is 5.69 Å². The average Bonchev–Trinajstić information content (AvgIpc) is 3.43. The summed E-state index contributed by atoms with van der Waals surface area (Å²) in [5, 5.41) is 13.1. The molecule has 0 radical (unpaired) electrons. The van der Waals surface area contributed by atoms with E-state index in [9.17, 15) is 9.59 Å². The number of aromatic carboxylic acids is 1. The van der Waals surface area contributed by atoms with Crippen molar-refractivity contribution in [2.75, 3.05) is 5.73 Å². The van der Waals surface area contributed by atoms with E-state index in [1.807, 2.05) is 56.9 Å². The van der Waals surface area contributed by atoms with E-state index in [-0.39, 0.29) is 5.69 Å². The van der Waals surface area contributed by atoms with Crippen LogP contribution in [-0.4, -0.2) is 36.3 Å². The maximum Gasteiger partial charge on any atom is 0.356 e. The molecule has 2 heterocycles. The molecule has 4 aromatic rings. The molecule has 35 heavy (non-hydrogen) atoms. The van der Waals surface area contributed by atoms with E-state index >= 15 is 0 Å². The van der Waals surface area contributed by atoms with Crippen molar-refractivity contribution in [2.45, 2.75) is 40.8 Å². The first-order chi connectivity index (χ1) is 16.5. The van der Waals surface area contributed by atoms with E-state index in [1.54, 1.807) is 10.6 Å². The van der Waals surface area contributed by atoms with Crippen molar-refractivity contribution in [3.63, 3.8) is 0 Å². The van der Waals surface area contributed by atoms with Crippen LogP contribution < -0.4 is 11.5 Å². The Morgan fingerprint density at radius 1 is 0.971 bits per heavy atom. The van der Waals surface area contributed by atoms with Gasteiger partial charge in [-0.05, 0) is 67.1 Å². The Balaban J connectivity index is 0.000000225. The van der Waals surface area contributed by atoms with Gasteiger partial charge in [0.05, 0.1) is 19.1 Å². The molecule has 0 aliphatic heterocycles. The lowest BCUT2D eigenvalue weighted by atomic mass is 9.96. The highest BCUT2D eigenvalue weighted by molar-refractivity contribution is 5.96. The number of carbonyl (C=O) groups excluding carboxylic acids is 1. The second-order valence-corrected chi connectivity index (χ2v) is 8.54. The lowest BCUT2D eigenvalue weighted by Gasteiger charge is -2.11. The van der Waals surface area contributed by atoms with Crippen LogP contribution in [0, 0.1) is 27.7 Å². The first kappa shape index (κ1) is 25.2. The number of amides is 1. The summed E-state index contributed by atoms with van der Waals surface area (Å²) in [5.74, 6) is -1.40. The summed E-state index contributed by atoms with van der Waals surface area (Å²) in [4.78, 5) is 25.7. The van der Waals surface area contributed by atoms with Gasteiger partial charge in [-0.25, -0.2) is 9.78 Å². The number of carboxylic acid groups (broad SMARTS) is 1. The first-order valence-corrected chi connectivity index (χ1v) is 11.0. The number of benzene rings is 2. The first-order valence-electron chi connectivity index (χ1n) is 11.0. The summed E-state index contributed by atoms with van der Waals surface area (Å²) >= 11 is 0. The smallest absolute Gasteiger partial charge is 0.356 e. The fourth-order valence-corrected chi connectivity index (χ4v) is 3.75. The van der Waals surface area contributed by atoms with Crippen molar-refractivity contribution < 1.29 is 14.7 Å². The van der Waals surface area contributed by atoms with Gasteiger partial charge >= 0.3 is 5.97 Å². The highest BCUT2D eigenvalue weighted by atomic mass is 16.4. The molecule has 2 aromatic heterocycles. The second kappa shape index (κ2) is 10.7. The highest BCUT2D eigenvalue weighted by Gasteiger charge is 2.12. The molecule has 4 rings (SSSR count). The lowest BCUT2D eigenvalue weighted by molar-refractivity contribution is 0.0690. The number of carbonyl (C=O) groups is 2. The van der Waals surface area contributed by atoms with Crippen LogP contribution in [0.25, 0.3) is 0 Å². The Morgan fingerprint density at radius 3 is 2.11 bits per heavy atom. The predicted octanol–water partition coefficient (Wildman–Crippen LogP) is 3.48. The average molecular weight is 475 g/mol. The number of aromatic nitrogens is 4. The minimum absolute atomic E-state index is 0.0608. The summed E-state index contributed by atoms with van der Waals surface area (Å²) in [6, 6.07) is 9.96. The molecule has 9 heteroatoms. The van der Waals surface area contributed by atoms with Gasteiger partial charge in [-0.1, -0.05) is 24.3 Å². The zero-order chi connectivity index (χ0) is 25.7. The molecular formula is C26H30N6O3. The number of nitrogen functional groups attached to an aromatic ring is 1. The fraction of sp³-hybridized carbons (Fsp3) is 0.231. The number of rotatable bonds is 6. The molecule has 9 nitrogen and oxygen atoms in total. The topological polar surface area (TPSA) is 142 Å². The summed E-state index contributed by atoms with van der Waals surface area (Å²) in [7, 11) is 0. The molecule has 182 valence electrons. The summed E-state index contributed by atoms with van der Waals surface area (Å²) in [5.41, 5.74) is 18.4. The summed E-state index contributed by atoms with van der Waals surface area (Å²) < 4.78 is 3.66. The van der Waals surface area contributed by atoms with Crippen LogP contribution in [-0.2, 0) is 13.1 Å². The third-order valence-corrected chi connectivity index (χ3v) is 5.73.